The lowest BCUT2D eigenvalue weighted by Gasteiger charge is -2.23. The zero-order valence-corrected chi connectivity index (χ0v) is 15.0. The number of aromatic nitrogens is 3. The zero-order chi connectivity index (χ0) is 18.4. The first-order valence-electron chi connectivity index (χ1n) is 8.27. The minimum Gasteiger partial charge on any atom is -0.346 e. The molecule has 0 spiro atoms. The van der Waals surface area contributed by atoms with Gasteiger partial charge in [0.15, 0.2) is 15.5 Å². The van der Waals surface area contributed by atoms with Crippen LogP contribution in [0.25, 0.3) is 16.9 Å². The van der Waals surface area contributed by atoms with Gasteiger partial charge in [-0.15, -0.1) is 0 Å². The molecular weight excluding hydrogens is 352 g/mol. The lowest BCUT2D eigenvalue weighted by Crippen LogP contribution is -2.46. The van der Waals surface area contributed by atoms with E-state index in [-0.39, 0.29) is 17.4 Å². The zero-order valence-electron chi connectivity index (χ0n) is 14.2. The van der Waals surface area contributed by atoms with E-state index in [4.69, 9.17) is 0 Å². The van der Waals surface area contributed by atoms with Gasteiger partial charge in [0.1, 0.15) is 0 Å². The molecule has 1 fully saturated rings. The third-order valence-electron chi connectivity index (χ3n) is 4.64. The van der Waals surface area contributed by atoms with Crippen molar-refractivity contribution < 1.29 is 13.2 Å². The van der Waals surface area contributed by atoms with Crippen LogP contribution in [0.1, 0.15) is 23.7 Å². The Bertz CT molecular complexity index is 1090. The van der Waals surface area contributed by atoms with Gasteiger partial charge in [-0.05, 0) is 37.6 Å². The molecule has 26 heavy (non-hydrogen) atoms. The first-order chi connectivity index (χ1) is 12.4. The molecule has 1 N–H and O–H groups in total. The molecule has 1 amide bonds. The predicted octanol–water partition coefficient (Wildman–Crippen LogP) is 1.70. The van der Waals surface area contributed by atoms with E-state index in [0.717, 1.165) is 16.9 Å². The van der Waals surface area contributed by atoms with E-state index in [1.54, 1.807) is 36.0 Å². The van der Waals surface area contributed by atoms with Crippen LogP contribution in [0.4, 0.5) is 0 Å². The second-order valence-corrected chi connectivity index (χ2v) is 9.06. The van der Waals surface area contributed by atoms with Crippen molar-refractivity contribution in [2.24, 2.45) is 0 Å². The fourth-order valence-electron chi connectivity index (χ4n) is 3.27. The van der Waals surface area contributed by atoms with Crippen molar-refractivity contribution in [3.63, 3.8) is 0 Å². The summed E-state index contributed by atoms with van der Waals surface area (Å²) >= 11 is 0. The number of amides is 1. The molecule has 134 valence electrons. The van der Waals surface area contributed by atoms with Crippen molar-refractivity contribution in [1.29, 1.82) is 0 Å². The molecule has 1 aliphatic heterocycles. The summed E-state index contributed by atoms with van der Waals surface area (Å²) in [6.07, 6.45) is 3.87. The number of carbonyl (C=O) groups is 1. The Morgan fingerprint density at radius 1 is 1.23 bits per heavy atom. The minimum atomic E-state index is -3.07. The smallest absolute Gasteiger partial charge is 0.251 e. The van der Waals surface area contributed by atoms with E-state index in [2.05, 4.69) is 15.4 Å². The van der Waals surface area contributed by atoms with E-state index in [1.165, 1.54) is 0 Å². The fourth-order valence-corrected chi connectivity index (χ4v) is 5.37. The molecule has 0 bridgehead atoms. The fraction of sp³-hybridized carbons (Fsp3) is 0.278. The van der Waals surface area contributed by atoms with Gasteiger partial charge in [0.2, 0.25) is 0 Å². The van der Waals surface area contributed by atoms with Gasteiger partial charge in [0, 0.05) is 17.3 Å². The summed E-state index contributed by atoms with van der Waals surface area (Å²) in [6, 6.07) is 10.8. The molecule has 8 heteroatoms. The monoisotopic (exact) mass is 370 g/mol. The van der Waals surface area contributed by atoms with Crippen molar-refractivity contribution in [3.8, 4) is 11.3 Å². The number of carbonyl (C=O) groups excluding carboxylic acids is 1. The molecule has 1 aromatic carbocycles. The van der Waals surface area contributed by atoms with Gasteiger partial charge in [0.25, 0.3) is 5.91 Å². The van der Waals surface area contributed by atoms with Crippen molar-refractivity contribution >= 4 is 21.4 Å². The van der Waals surface area contributed by atoms with Crippen LogP contribution in [0.5, 0.6) is 0 Å². The quantitative estimate of drug-likeness (QED) is 0.757. The van der Waals surface area contributed by atoms with Crippen LogP contribution < -0.4 is 5.32 Å². The first-order valence-corrected chi connectivity index (χ1v) is 10.1. The van der Waals surface area contributed by atoms with Crippen molar-refractivity contribution in [1.82, 2.24) is 19.9 Å². The largest absolute Gasteiger partial charge is 0.346 e. The van der Waals surface area contributed by atoms with Gasteiger partial charge < -0.3 is 5.32 Å². The molecule has 0 saturated carbocycles. The maximum atomic E-state index is 12.5. The van der Waals surface area contributed by atoms with Gasteiger partial charge in [0.05, 0.1) is 28.9 Å². The molecule has 1 aliphatic rings. The van der Waals surface area contributed by atoms with Crippen LogP contribution in [0.15, 0.2) is 48.8 Å². The molecule has 3 heterocycles. The normalized spacial score (nSPS) is 21.7. The number of imidazole rings is 1. The molecular formula is C18H18N4O3S. The Labute approximate surface area is 151 Å². The molecule has 0 radical (unpaired) electrons. The molecule has 0 unspecified atom stereocenters. The standard InChI is InChI=1S/C18H18N4O3S/c1-18(8-10-26(24,25)12-18)21-17(23)14-6-4-13(5-7-14)15-11-19-16-3-2-9-20-22(15)16/h2-7,9,11H,8,10,12H2,1H3,(H,21,23)/t18-/m0/s1. The maximum Gasteiger partial charge on any atom is 0.251 e. The van der Waals surface area contributed by atoms with E-state index in [1.807, 2.05) is 24.3 Å². The lowest BCUT2D eigenvalue weighted by atomic mass is 10.0. The summed E-state index contributed by atoms with van der Waals surface area (Å²) in [4.78, 5) is 16.8. The highest BCUT2D eigenvalue weighted by molar-refractivity contribution is 7.91. The molecule has 7 nitrogen and oxygen atoms in total. The second-order valence-electron chi connectivity index (χ2n) is 6.87. The molecule has 2 aromatic heterocycles. The highest BCUT2D eigenvalue weighted by Crippen LogP contribution is 2.24. The highest BCUT2D eigenvalue weighted by Gasteiger charge is 2.39. The van der Waals surface area contributed by atoms with Crippen LogP contribution in [0.3, 0.4) is 0 Å². The molecule has 4 rings (SSSR count). The number of rotatable bonds is 3. The third-order valence-corrected chi connectivity index (χ3v) is 6.54. The average molecular weight is 370 g/mol. The van der Waals surface area contributed by atoms with Crippen molar-refractivity contribution in [2.75, 3.05) is 11.5 Å². The van der Waals surface area contributed by atoms with Gasteiger partial charge in [-0.3, -0.25) is 4.79 Å². The number of hydrogen-bond donors (Lipinski definition) is 1. The number of fused-ring (bicyclic) bond motifs is 1. The van der Waals surface area contributed by atoms with Crippen LogP contribution in [0, 0.1) is 0 Å². The number of nitrogens with one attached hydrogen (secondary N) is 1. The topological polar surface area (TPSA) is 93.4 Å². The summed E-state index contributed by atoms with van der Waals surface area (Å²) < 4.78 is 25.1. The summed E-state index contributed by atoms with van der Waals surface area (Å²) in [5.74, 6) is -0.172. The molecule has 0 aliphatic carbocycles. The van der Waals surface area contributed by atoms with Gasteiger partial charge in [-0.2, -0.15) is 5.10 Å². The number of nitrogens with zero attached hydrogens (tertiary/aromatic N) is 3. The minimum absolute atomic E-state index is 0.0166. The Morgan fingerprint density at radius 2 is 2.00 bits per heavy atom. The van der Waals surface area contributed by atoms with Gasteiger partial charge in [-0.1, -0.05) is 12.1 Å². The summed E-state index contributed by atoms with van der Waals surface area (Å²) in [5, 5.41) is 7.15. The third kappa shape index (κ3) is 3.08. The number of sulfone groups is 1. The second kappa shape index (κ2) is 5.91. The van der Waals surface area contributed by atoms with Crippen LogP contribution >= 0.6 is 0 Å². The molecule has 3 aromatic rings. The van der Waals surface area contributed by atoms with E-state index >= 15 is 0 Å². The SMILES string of the molecule is C[C@]1(NC(=O)c2ccc(-c3cnc4cccnn34)cc2)CCS(=O)(=O)C1. The molecule has 1 atom stereocenters. The molecule has 1 saturated heterocycles. The highest BCUT2D eigenvalue weighted by atomic mass is 32.2. The van der Waals surface area contributed by atoms with E-state index < -0.39 is 15.4 Å². The van der Waals surface area contributed by atoms with Crippen LogP contribution in [-0.4, -0.2) is 46.0 Å². The van der Waals surface area contributed by atoms with E-state index in [0.29, 0.717) is 12.0 Å². The lowest BCUT2D eigenvalue weighted by molar-refractivity contribution is 0.0915. The Morgan fingerprint density at radius 3 is 2.69 bits per heavy atom. The first kappa shape index (κ1) is 16.7. The Kier molecular flexibility index (Phi) is 3.80. The summed E-state index contributed by atoms with van der Waals surface area (Å²) in [7, 11) is -3.07. The summed E-state index contributed by atoms with van der Waals surface area (Å²) in [6.45, 7) is 1.77. The van der Waals surface area contributed by atoms with Crippen molar-refractivity contribution in [3.05, 3.63) is 54.4 Å². The predicted molar refractivity (Wildman–Crippen MR) is 97.6 cm³/mol. The Balaban J connectivity index is 1.55. The van der Waals surface area contributed by atoms with Crippen LogP contribution in [0.2, 0.25) is 0 Å². The maximum absolute atomic E-state index is 12.5. The number of benzene rings is 1. The average Bonchev–Trinajstić information content (AvgIpc) is 3.15. The van der Waals surface area contributed by atoms with Gasteiger partial charge >= 0.3 is 0 Å². The Hall–Kier alpha value is -2.74. The van der Waals surface area contributed by atoms with Crippen LogP contribution in [-0.2, 0) is 9.84 Å². The number of hydrogen-bond acceptors (Lipinski definition) is 5. The summed E-state index contributed by atoms with van der Waals surface area (Å²) in [5.41, 5.74) is 2.25. The van der Waals surface area contributed by atoms with E-state index in [9.17, 15) is 13.2 Å². The van der Waals surface area contributed by atoms with Crippen molar-refractivity contribution in [2.45, 2.75) is 18.9 Å². The van der Waals surface area contributed by atoms with Gasteiger partial charge in [-0.25, -0.2) is 17.9 Å².